The first-order valence-electron chi connectivity index (χ1n) is 6.68. The van der Waals surface area contributed by atoms with Gasteiger partial charge in [0.15, 0.2) is 0 Å². The van der Waals surface area contributed by atoms with E-state index in [-0.39, 0.29) is 18.6 Å². The van der Waals surface area contributed by atoms with Crippen LogP contribution in [0.25, 0.3) is 0 Å². The van der Waals surface area contributed by atoms with Crippen LogP contribution in [0.4, 0.5) is 0 Å². The fourth-order valence-electron chi connectivity index (χ4n) is 1.52. The molecule has 8 nitrogen and oxygen atoms in total. The summed E-state index contributed by atoms with van der Waals surface area (Å²) in [6, 6.07) is -0.0708. The van der Waals surface area contributed by atoms with Crippen molar-refractivity contribution >= 4 is 5.91 Å². The number of carbonyl (C=O) groups is 1. The molecule has 0 fully saturated rings. The van der Waals surface area contributed by atoms with Crippen molar-refractivity contribution in [1.82, 2.24) is 20.3 Å². The van der Waals surface area contributed by atoms with Crippen molar-refractivity contribution in [3.63, 3.8) is 0 Å². The molecule has 20 heavy (non-hydrogen) atoms. The summed E-state index contributed by atoms with van der Waals surface area (Å²) in [6.45, 7) is 2.38. The van der Waals surface area contributed by atoms with Crippen molar-refractivity contribution in [3.8, 4) is 0 Å². The van der Waals surface area contributed by atoms with E-state index in [0.29, 0.717) is 26.4 Å². The second-order valence-corrected chi connectivity index (χ2v) is 4.37. The summed E-state index contributed by atoms with van der Waals surface area (Å²) in [4.78, 5) is 10.9. The van der Waals surface area contributed by atoms with Gasteiger partial charge < -0.3 is 20.5 Å². The molecule has 1 rings (SSSR count). The fourth-order valence-corrected chi connectivity index (χ4v) is 1.52. The highest BCUT2D eigenvalue weighted by molar-refractivity contribution is 5.76. The van der Waals surface area contributed by atoms with E-state index in [1.54, 1.807) is 24.1 Å². The van der Waals surface area contributed by atoms with Gasteiger partial charge in [0.25, 0.3) is 0 Å². The predicted octanol–water partition coefficient (Wildman–Crippen LogP) is -0.835. The van der Waals surface area contributed by atoms with E-state index in [1.807, 2.05) is 0 Å². The largest absolute Gasteiger partial charge is 0.380 e. The summed E-state index contributed by atoms with van der Waals surface area (Å²) in [5.41, 5.74) is 5.86. The molecule has 0 aliphatic rings. The van der Waals surface area contributed by atoms with Crippen molar-refractivity contribution in [2.24, 2.45) is 5.73 Å². The Morgan fingerprint density at radius 1 is 1.45 bits per heavy atom. The van der Waals surface area contributed by atoms with Gasteiger partial charge in [-0.1, -0.05) is 5.21 Å². The van der Waals surface area contributed by atoms with Crippen LogP contribution in [0.5, 0.6) is 0 Å². The van der Waals surface area contributed by atoms with E-state index in [1.165, 1.54) is 0 Å². The third-order valence-corrected chi connectivity index (χ3v) is 2.64. The van der Waals surface area contributed by atoms with E-state index in [9.17, 15) is 4.79 Å². The molecule has 1 unspecified atom stereocenters. The summed E-state index contributed by atoms with van der Waals surface area (Å²) in [5.74, 6) is -0.145. The third-order valence-electron chi connectivity index (χ3n) is 2.64. The molecule has 1 atom stereocenters. The highest BCUT2D eigenvalue weighted by Gasteiger charge is 2.04. The average Bonchev–Trinajstić information content (AvgIpc) is 2.95. The van der Waals surface area contributed by atoms with Gasteiger partial charge in [0.1, 0.15) is 6.61 Å². The standard InChI is InChI=1S/C12H23N5O3/c1-14-12(18)10-20-9-11(13)3-2-7-19-8-6-17-5-4-15-16-17/h4-5,11H,2-3,6-10,13H2,1H3,(H,14,18). The molecule has 0 spiro atoms. The van der Waals surface area contributed by atoms with Gasteiger partial charge in [0.2, 0.25) is 5.91 Å². The van der Waals surface area contributed by atoms with Gasteiger partial charge >= 0.3 is 0 Å². The van der Waals surface area contributed by atoms with Crippen LogP contribution in [0, 0.1) is 0 Å². The van der Waals surface area contributed by atoms with Crippen molar-refractivity contribution in [2.75, 3.05) is 33.5 Å². The zero-order valence-electron chi connectivity index (χ0n) is 11.8. The zero-order valence-corrected chi connectivity index (χ0v) is 11.8. The number of hydrogen-bond donors (Lipinski definition) is 2. The Hall–Kier alpha value is -1.51. The molecule has 0 saturated heterocycles. The molecule has 0 bridgehead atoms. The molecular formula is C12H23N5O3. The summed E-state index contributed by atoms with van der Waals surface area (Å²) in [7, 11) is 1.57. The van der Waals surface area contributed by atoms with Gasteiger partial charge in [0.05, 0.1) is 26.0 Å². The summed E-state index contributed by atoms with van der Waals surface area (Å²) in [5, 5.41) is 10.0. The molecule has 3 N–H and O–H groups in total. The lowest BCUT2D eigenvalue weighted by Gasteiger charge is -2.11. The Morgan fingerprint density at radius 2 is 2.30 bits per heavy atom. The number of hydrogen-bond acceptors (Lipinski definition) is 6. The summed E-state index contributed by atoms with van der Waals surface area (Å²) in [6.07, 6.45) is 5.10. The van der Waals surface area contributed by atoms with Crippen LogP contribution in [-0.4, -0.2) is 60.4 Å². The Bertz CT molecular complexity index is 358. The minimum Gasteiger partial charge on any atom is -0.380 e. The quantitative estimate of drug-likeness (QED) is 0.514. The number of aromatic nitrogens is 3. The average molecular weight is 285 g/mol. The number of carbonyl (C=O) groups excluding carboxylic acids is 1. The maximum atomic E-state index is 10.9. The highest BCUT2D eigenvalue weighted by Crippen LogP contribution is 1.96. The van der Waals surface area contributed by atoms with Gasteiger partial charge in [-0.3, -0.25) is 9.48 Å². The maximum absolute atomic E-state index is 10.9. The third kappa shape index (κ3) is 7.82. The molecule has 1 heterocycles. The Morgan fingerprint density at radius 3 is 3.00 bits per heavy atom. The van der Waals surface area contributed by atoms with Gasteiger partial charge in [0, 0.05) is 25.9 Å². The number of nitrogens with zero attached hydrogens (tertiary/aromatic N) is 3. The van der Waals surface area contributed by atoms with Crippen molar-refractivity contribution in [3.05, 3.63) is 12.4 Å². The molecule has 0 aromatic carbocycles. The number of ether oxygens (including phenoxy) is 2. The first-order valence-corrected chi connectivity index (χ1v) is 6.68. The zero-order chi connectivity index (χ0) is 14.6. The molecule has 0 aliphatic heterocycles. The molecule has 0 radical (unpaired) electrons. The van der Waals surface area contributed by atoms with Crippen LogP contribution in [0.3, 0.4) is 0 Å². The first kappa shape index (κ1) is 16.5. The fraction of sp³-hybridized carbons (Fsp3) is 0.750. The topological polar surface area (TPSA) is 104 Å². The monoisotopic (exact) mass is 285 g/mol. The molecule has 1 amide bonds. The number of nitrogens with two attached hydrogens (primary N) is 1. The molecular weight excluding hydrogens is 262 g/mol. The van der Waals surface area contributed by atoms with E-state index in [0.717, 1.165) is 12.8 Å². The molecule has 1 aromatic rings. The first-order chi connectivity index (χ1) is 9.72. The number of rotatable bonds is 11. The van der Waals surface area contributed by atoms with Crippen LogP contribution in [0.15, 0.2) is 12.4 Å². The van der Waals surface area contributed by atoms with Crippen LogP contribution in [0.1, 0.15) is 12.8 Å². The lowest BCUT2D eigenvalue weighted by atomic mass is 10.2. The molecule has 8 heteroatoms. The molecule has 0 aliphatic carbocycles. The lowest BCUT2D eigenvalue weighted by molar-refractivity contribution is -0.125. The maximum Gasteiger partial charge on any atom is 0.245 e. The van der Waals surface area contributed by atoms with Crippen molar-refractivity contribution in [2.45, 2.75) is 25.4 Å². The van der Waals surface area contributed by atoms with E-state index in [2.05, 4.69) is 15.6 Å². The Balaban J connectivity index is 1.88. The molecule has 0 saturated carbocycles. The van der Waals surface area contributed by atoms with Crippen LogP contribution < -0.4 is 11.1 Å². The number of amides is 1. The molecule has 1 aromatic heterocycles. The van der Waals surface area contributed by atoms with Crippen LogP contribution in [0.2, 0.25) is 0 Å². The summed E-state index contributed by atoms with van der Waals surface area (Å²) < 4.78 is 12.4. The normalized spacial score (nSPS) is 12.3. The highest BCUT2D eigenvalue weighted by atomic mass is 16.5. The second-order valence-electron chi connectivity index (χ2n) is 4.37. The van der Waals surface area contributed by atoms with Gasteiger partial charge in [-0.15, -0.1) is 5.10 Å². The minimum absolute atomic E-state index is 0.0542. The number of nitrogens with one attached hydrogen (secondary N) is 1. The van der Waals surface area contributed by atoms with E-state index >= 15 is 0 Å². The van der Waals surface area contributed by atoms with Gasteiger partial charge in [-0.25, -0.2) is 0 Å². The molecule has 114 valence electrons. The Kier molecular flexibility index (Phi) is 8.52. The SMILES string of the molecule is CNC(=O)COCC(N)CCCOCCn1ccnn1. The van der Waals surface area contributed by atoms with Gasteiger partial charge in [-0.2, -0.15) is 0 Å². The summed E-state index contributed by atoms with van der Waals surface area (Å²) >= 11 is 0. The predicted molar refractivity (Wildman–Crippen MR) is 72.9 cm³/mol. The smallest absolute Gasteiger partial charge is 0.245 e. The van der Waals surface area contributed by atoms with Gasteiger partial charge in [-0.05, 0) is 12.8 Å². The van der Waals surface area contributed by atoms with Crippen LogP contribution in [-0.2, 0) is 20.8 Å². The lowest BCUT2D eigenvalue weighted by Crippen LogP contribution is -2.30. The van der Waals surface area contributed by atoms with E-state index < -0.39 is 0 Å². The van der Waals surface area contributed by atoms with Crippen molar-refractivity contribution in [1.29, 1.82) is 0 Å². The Labute approximate surface area is 118 Å². The van der Waals surface area contributed by atoms with Crippen LogP contribution >= 0.6 is 0 Å². The second kappa shape index (κ2) is 10.3. The van der Waals surface area contributed by atoms with E-state index in [4.69, 9.17) is 15.2 Å². The minimum atomic E-state index is -0.145. The van der Waals surface area contributed by atoms with Crippen molar-refractivity contribution < 1.29 is 14.3 Å². The number of likely N-dealkylation sites (N-methyl/N-ethyl adjacent to an activating group) is 1.